The Morgan fingerprint density at radius 3 is 2.46 bits per heavy atom. The quantitative estimate of drug-likeness (QED) is 0.363. The Kier molecular flexibility index (Phi) is 6.91. The maximum absolute atomic E-state index is 13.2. The molecule has 3 rings (SSSR count). The van der Waals surface area contributed by atoms with Crippen LogP contribution < -0.4 is 0 Å². The Morgan fingerprint density at radius 2 is 1.91 bits per heavy atom. The van der Waals surface area contributed by atoms with Crippen molar-refractivity contribution < 1.29 is 27.1 Å². The first-order chi connectivity index (χ1) is 16.2. The van der Waals surface area contributed by atoms with Crippen molar-refractivity contribution in [3.05, 3.63) is 69.9 Å². The van der Waals surface area contributed by atoms with Crippen molar-refractivity contribution in [2.45, 2.75) is 19.1 Å². The number of hydrogen-bond donors (Lipinski definition) is 0. The molecule has 0 spiro atoms. The topological polar surface area (TPSA) is 136 Å². The summed E-state index contributed by atoms with van der Waals surface area (Å²) in [5.74, 6) is -0.351. The number of nitro groups is 1. The van der Waals surface area contributed by atoms with Gasteiger partial charge in [0.1, 0.15) is 6.33 Å². The molecule has 0 aliphatic heterocycles. The third kappa shape index (κ3) is 5.98. The van der Waals surface area contributed by atoms with Crippen molar-refractivity contribution in [3.8, 4) is 5.82 Å². The Labute approximate surface area is 197 Å². The van der Waals surface area contributed by atoms with Crippen LogP contribution in [0.1, 0.15) is 34.7 Å². The maximum Gasteiger partial charge on any atom is 0.416 e. The molecule has 1 atom stereocenters. The molecule has 0 saturated carbocycles. The van der Waals surface area contributed by atoms with Gasteiger partial charge in [0.15, 0.2) is 11.6 Å². The fourth-order valence-corrected chi connectivity index (χ4v) is 3.70. The van der Waals surface area contributed by atoms with Gasteiger partial charge < -0.3 is 4.90 Å². The second kappa shape index (κ2) is 9.40. The summed E-state index contributed by atoms with van der Waals surface area (Å²) in [5.41, 5.74) is -2.28. The average Bonchev–Trinajstić information content (AvgIpc) is 3.26. The van der Waals surface area contributed by atoms with E-state index < -0.39 is 49.6 Å². The number of alkyl halides is 3. The highest BCUT2D eigenvalue weighted by molar-refractivity contribution is 7.92. The van der Waals surface area contributed by atoms with E-state index in [9.17, 15) is 32.3 Å². The predicted molar refractivity (Wildman–Crippen MR) is 120 cm³/mol. The smallest absolute Gasteiger partial charge is 0.332 e. The highest BCUT2D eigenvalue weighted by Gasteiger charge is 2.34. The van der Waals surface area contributed by atoms with Crippen LogP contribution in [0.3, 0.4) is 0 Å². The van der Waals surface area contributed by atoms with Crippen molar-refractivity contribution in [3.63, 3.8) is 0 Å². The van der Waals surface area contributed by atoms with E-state index in [1.54, 1.807) is 19.1 Å². The maximum atomic E-state index is 13.2. The zero-order chi connectivity index (χ0) is 26.1. The standard InChI is InChI=1S/C20H20F3N7O4S/c1-12(18-25-11-26-29(18)17-6-5-15(10-24-17)27-35(3,4)34)28(2)19(31)13-7-14(20(21,22)23)9-16(8-13)30(32)33/h5-12H,1-4H3/t12-/m0/s1. The van der Waals surface area contributed by atoms with E-state index in [1.807, 2.05) is 0 Å². The molecule has 11 nitrogen and oxygen atoms in total. The lowest BCUT2D eigenvalue weighted by Crippen LogP contribution is -2.31. The normalized spacial score (nSPS) is 12.8. The van der Waals surface area contributed by atoms with Crippen LogP contribution in [0.4, 0.5) is 24.5 Å². The number of halogens is 3. The fourth-order valence-electron chi connectivity index (χ4n) is 3.08. The Bertz CT molecular complexity index is 1390. The molecule has 0 N–H and O–H groups in total. The number of carbonyl (C=O) groups excluding carboxylic acids is 1. The molecule has 3 aromatic rings. The number of carbonyl (C=O) groups is 1. The van der Waals surface area contributed by atoms with Crippen LogP contribution in [0.15, 0.2) is 47.2 Å². The summed E-state index contributed by atoms with van der Waals surface area (Å²) < 4.78 is 56.9. The molecular formula is C20H20F3N7O4S. The summed E-state index contributed by atoms with van der Waals surface area (Å²) in [6.07, 6.45) is 0.672. The molecule has 0 saturated heterocycles. The molecule has 1 amide bonds. The zero-order valence-electron chi connectivity index (χ0n) is 18.9. The van der Waals surface area contributed by atoms with Gasteiger partial charge in [0, 0.05) is 47.0 Å². The second-order valence-electron chi connectivity index (χ2n) is 7.79. The van der Waals surface area contributed by atoms with Crippen molar-refractivity contribution in [2.75, 3.05) is 19.6 Å². The number of rotatable bonds is 6. The molecule has 0 unspecified atom stereocenters. The van der Waals surface area contributed by atoms with Gasteiger partial charge in [0.05, 0.1) is 28.4 Å². The van der Waals surface area contributed by atoms with Crippen LogP contribution in [-0.2, 0) is 15.9 Å². The summed E-state index contributed by atoms with van der Waals surface area (Å²) in [4.78, 5) is 32.5. The minimum Gasteiger partial charge on any atom is -0.332 e. The molecule has 0 aliphatic carbocycles. The zero-order valence-corrected chi connectivity index (χ0v) is 19.7. The molecule has 15 heteroatoms. The summed E-state index contributed by atoms with van der Waals surface area (Å²) in [7, 11) is -1.06. The van der Waals surface area contributed by atoms with E-state index in [4.69, 9.17) is 0 Å². The number of nitro benzene ring substituents is 1. The lowest BCUT2D eigenvalue weighted by atomic mass is 10.1. The fraction of sp³-hybridized carbons (Fsp3) is 0.300. The van der Waals surface area contributed by atoms with Gasteiger partial charge in [-0.1, -0.05) is 0 Å². The van der Waals surface area contributed by atoms with Crippen LogP contribution in [0.25, 0.3) is 5.82 Å². The summed E-state index contributed by atoms with van der Waals surface area (Å²) in [5, 5.41) is 15.2. The molecule has 0 fully saturated rings. The van der Waals surface area contributed by atoms with Gasteiger partial charge in [-0.2, -0.15) is 27.3 Å². The molecule has 0 radical (unpaired) electrons. The number of nitrogens with zero attached hydrogens (tertiary/aromatic N) is 7. The van der Waals surface area contributed by atoms with Gasteiger partial charge in [-0.15, -0.1) is 0 Å². The van der Waals surface area contributed by atoms with Gasteiger partial charge in [-0.25, -0.2) is 14.2 Å². The van der Waals surface area contributed by atoms with Gasteiger partial charge in [0.25, 0.3) is 11.6 Å². The molecule has 0 bridgehead atoms. The second-order valence-corrected chi connectivity index (χ2v) is 10.3. The first-order valence-electron chi connectivity index (χ1n) is 9.84. The predicted octanol–water partition coefficient (Wildman–Crippen LogP) is 3.78. The van der Waals surface area contributed by atoms with Gasteiger partial charge in [0.2, 0.25) is 0 Å². The third-order valence-electron chi connectivity index (χ3n) is 4.83. The Balaban J connectivity index is 1.93. The minimum absolute atomic E-state index is 0.231. The highest BCUT2D eigenvalue weighted by atomic mass is 32.2. The van der Waals surface area contributed by atoms with E-state index in [1.165, 1.54) is 36.8 Å². The van der Waals surface area contributed by atoms with Crippen molar-refractivity contribution >= 4 is 27.0 Å². The van der Waals surface area contributed by atoms with Crippen LogP contribution >= 0.6 is 0 Å². The minimum atomic E-state index is -4.88. The Hall–Kier alpha value is -3.88. The van der Waals surface area contributed by atoms with Crippen molar-refractivity contribution in [1.29, 1.82) is 0 Å². The molecule has 0 aliphatic rings. The van der Waals surface area contributed by atoms with Crippen LogP contribution in [0.5, 0.6) is 0 Å². The number of pyridine rings is 1. The molecular weight excluding hydrogens is 491 g/mol. The van der Waals surface area contributed by atoms with Gasteiger partial charge in [-0.05, 0) is 25.1 Å². The lowest BCUT2D eigenvalue weighted by Gasteiger charge is -2.25. The molecule has 35 heavy (non-hydrogen) atoms. The largest absolute Gasteiger partial charge is 0.416 e. The SMILES string of the molecule is C[C@@H](c1ncnn1-c1ccc(N=S(C)(C)=O)cn1)N(C)C(=O)c1cc([N+](=O)[O-])cc(C(F)(F)F)c1. The summed E-state index contributed by atoms with van der Waals surface area (Å²) in [6, 6.07) is 4.03. The van der Waals surface area contributed by atoms with E-state index >= 15 is 0 Å². The molecule has 2 heterocycles. The van der Waals surface area contributed by atoms with E-state index in [-0.39, 0.29) is 5.82 Å². The van der Waals surface area contributed by atoms with E-state index in [2.05, 4.69) is 19.4 Å². The molecule has 186 valence electrons. The summed E-state index contributed by atoms with van der Waals surface area (Å²) >= 11 is 0. The van der Waals surface area contributed by atoms with E-state index in [0.29, 0.717) is 23.6 Å². The number of aromatic nitrogens is 4. The molecule has 1 aromatic carbocycles. The average molecular weight is 511 g/mol. The number of hydrogen-bond acceptors (Lipinski definition) is 8. The molecule has 2 aromatic heterocycles. The lowest BCUT2D eigenvalue weighted by molar-refractivity contribution is -0.385. The van der Waals surface area contributed by atoms with Gasteiger partial charge >= 0.3 is 6.18 Å². The van der Waals surface area contributed by atoms with Crippen LogP contribution in [0, 0.1) is 10.1 Å². The van der Waals surface area contributed by atoms with Gasteiger partial charge in [-0.3, -0.25) is 14.9 Å². The first-order valence-corrected chi connectivity index (χ1v) is 12.2. The first kappa shape index (κ1) is 25.7. The van der Waals surface area contributed by atoms with Crippen molar-refractivity contribution in [2.24, 2.45) is 4.36 Å². The monoisotopic (exact) mass is 511 g/mol. The van der Waals surface area contributed by atoms with Crippen LogP contribution in [0.2, 0.25) is 0 Å². The highest BCUT2D eigenvalue weighted by Crippen LogP contribution is 2.33. The van der Waals surface area contributed by atoms with E-state index in [0.717, 1.165) is 11.0 Å². The number of amides is 1. The Morgan fingerprint density at radius 1 is 1.23 bits per heavy atom. The summed E-state index contributed by atoms with van der Waals surface area (Å²) in [6.45, 7) is 1.56. The number of non-ortho nitro benzene ring substituents is 1. The van der Waals surface area contributed by atoms with Crippen molar-refractivity contribution in [1.82, 2.24) is 24.6 Å². The van der Waals surface area contributed by atoms with Crippen LogP contribution in [-0.4, -0.2) is 59.2 Å². The third-order valence-corrected chi connectivity index (χ3v) is 5.48. The number of benzene rings is 1.